The number of fused-ring (bicyclic) bond motifs is 2. The van der Waals surface area contributed by atoms with Crippen LogP contribution in [0.3, 0.4) is 0 Å². The van der Waals surface area contributed by atoms with E-state index in [0.717, 1.165) is 38.2 Å². The van der Waals surface area contributed by atoms with Gasteiger partial charge in [-0.2, -0.15) is 5.26 Å². The van der Waals surface area contributed by atoms with Gasteiger partial charge in [-0.15, -0.1) is 11.3 Å². The second kappa shape index (κ2) is 6.77. The molecule has 0 aliphatic rings. The van der Waals surface area contributed by atoms with E-state index in [4.69, 9.17) is 0 Å². The summed E-state index contributed by atoms with van der Waals surface area (Å²) in [5.41, 5.74) is 6.93. The molecule has 0 unspecified atom stereocenters. The number of nitrogens with zero attached hydrogens (tertiary/aromatic N) is 2. The molecule has 0 aliphatic heterocycles. The van der Waals surface area contributed by atoms with E-state index in [2.05, 4.69) is 65.5 Å². The van der Waals surface area contributed by atoms with Crippen LogP contribution in [0.15, 0.2) is 60.9 Å². The van der Waals surface area contributed by atoms with Crippen LogP contribution in [0.4, 0.5) is 11.4 Å². The first-order valence-electron chi connectivity index (χ1n) is 9.38. The number of nitrogens with one attached hydrogen (secondary N) is 2. The number of benzene rings is 2. The highest BCUT2D eigenvalue weighted by Crippen LogP contribution is 2.42. The number of aromatic nitrogens is 2. The normalized spacial score (nSPS) is 11.1. The Morgan fingerprint density at radius 2 is 1.86 bits per heavy atom. The first-order chi connectivity index (χ1) is 14.2. The average Bonchev–Trinajstić information content (AvgIpc) is 3.36. The van der Waals surface area contributed by atoms with Gasteiger partial charge >= 0.3 is 0 Å². The molecule has 29 heavy (non-hydrogen) atoms. The highest BCUT2D eigenvalue weighted by molar-refractivity contribution is 7.22. The zero-order chi connectivity index (χ0) is 20.0. The number of hydrogen-bond donors (Lipinski definition) is 2. The number of pyridine rings is 1. The first-order valence-corrected chi connectivity index (χ1v) is 10.2. The monoisotopic (exact) mass is 394 g/mol. The second-order valence-electron chi connectivity index (χ2n) is 7.06. The van der Waals surface area contributed by atoms with E-state index >= 15 is 0 Å². The van der Waals surface area contributed by atoms with Gasteiger partial charge in [0.15, 0.2) is 0 Å². The molecule has 0 aliphatic carbocycles. The van der Waals surface area contributed by atoms with E-state index < -0.39 is 0 Å². The van der Waals surface area contributed by atoms with Gasteiger partial charge in [-0.1, -0.05) is 30.3 Å². The summed E-state index contributed by atoms with van der Waals surface area (Å²) in [7, 11) is 0. The summed E-state index contributed by atoms with van der Waals surface area (Å²) in [6.07, 6.45) is 3.61. The van der Waals surface area contributed by atoms with Crippen molar-refractivity contribution in [3.63, 3.8) is 0 Å². The molecule has 5 rings (SSSR count). The van der Waals surface area contributed by atoms with Gasteiger partial charge < -0.3 is 10.3 Å². The molecule has 0 spiro atoms. The molecule has 3 heterocycles. The predicted octanol–water partition coefficient (Wildman–Crippen LogP) is 6.68. The standard InChI is InChI=1S/C24H18N4S/c1-14-18-10-11-26-20(18)9-8-19(14)28-22-17(12-25)13-27-24-21(22)15(2)23(29-24)16-6-4-3-5-7-16/h3-11,13,26H,1-2H3,(H,27,28). The van der Waals surface area contributed by atoms with Gasteiger partial charge in [0.2, 0.25) is 0 Å². The van der Waals surface area contributed by atoms with Crippen LogP contribution in [-0.2, 0) is 0 Å². The van der Waals surface area contributed by atoms with Crippen molar-refractivity contribution in [2.75, 3.05) is 5.32 Å². The number of aryl methyl sites for hydroxylation is 2. The van der Waals surface area contributed by atoms with Gasteiger partial charge in [-0.3, -0.25) is 0 Å². The van der Waals surface area contributed by atoms with E-state index in [0.29, 0.717) is 5.56 Å². The van der Waals surface area contributed by atoms with Crippen molar-refractivity contribution in [1.29, 1.82) is 5.26 Å². The Morgan fingerprint density at radius 3 is 2.66 bits per heavy atom. The Hall–Kier alpha value is -3.62. The van der Waals surface area contributed by atoms with E-state index in [-0.39, 0.29) is 0 Å². The fourth-order valence-electron chi connectivity index (χ4n) is 3.84. The fraction of sp³-hybridized carbons (Fsp3) is 0.0833. The third-order valence-electron chi connectivity index (χ3n) is 5.38. The summed E-state index contributed by atoms with van der Waals surface area (Å²) in [5, 5.41) is 15.5. The number of H-pyrrole nitrogens is 1. The lowest BCUT2D eigenvalue weighted by molar-refractivity contribution is 1.37. The molecule has 0 saturated heterocycles. The van der Waals surface area contributed by atoms with Crippen LogP contribution in [0, 0.1) is 25.2 Å². The van der Waals surface area contributed by atoms with Crippen molar-refractivity contribution in [3.05, 3.63) is 77.6 Å². The van der Waals surface area contributed by atoms with Crippen LogP contribution >= 0.6 is 11.3 Å². The maximum absolute atomic E-state index is 9.75. The number of rotatable bonds is 3. The zero-order valence-electron chi connectivity index (χ0n) is 16.1. The summed E-state index contributed by atoms with van der Waals surface area (Å²) in [6, 6.07) is 18.8. The van der Waals surface area contributed by atoms with Gasteiger partial charge in [0.25, 0.3) is 0 Å². The molecule has 0 saturated carbocycles. The minimum absolute atomic E-state index is 0.548. The molecule has 140 valence electrons. The summed E-state index contributed by atoms with van der Waals surface area (Å²) in [5.74, 6) is 0. The number of aromatic amines is 1. The Bertz CT molecular complexity index is 1400. The maximum atomic E-state index is 9.75. The van der Waals surface area contributed by atoms with Crippen molar-refractivity contribution in [2.24, 2.45) is 0 Å². The van der Waals surface area contributed by atoms with E-state index in [9.17, 15) is 5.26 Å². The largest absolute Gasteiger partial charge is 0.361 e. The summed E-state index contributed by atoms with van der Waals surface area (Å²) < 4.78 is 0. The molecule has 3 aromatic heterocycles. The third-order valence-corrected chi connectivity index (χ3v) is 6.63. The number of hydrogen-bond acceptors (Lipinski definition) is 4. The summed E-state index contributed by atoms with van der Waals surface area (Å²) >= 11 is 1.66. The zero-order valence-corrected chi connectivity index (χ0v) is 16.9. The van der Waals surface area contributed by atoms with Gasteiger partial charge in [-0.25, -0.2) is 4.98 Å². The van der Waals surface area contributed by atoms with E-state index in [1.165, 1.54) is 15.8 Å². The highest BCUT2D eigenvalue weighted by atomic mass is 32.1. The number of anilines is 2. The molecule has 4 nitrogen and oxygen atoms in total. The minimum atomic E-state index is 0.548. The smallest absolute Gasteiger partial charge is 0.126 e. The molecule has 5 heteroatoms. The highest BCUT2D eigenvalue weighted by Gasteiger charge is 2.18. The molecule has 5 aromatic rings. The van der Waals surface area contributed by atoms with Crippen LogP contribution in [0.1, 0.15) is 16.7 Å². The average molecular weight is 395 g/mol. The predicted molar refractivity (Wildman–Crippen MR) is 121 cm³/mol. The van der Waals surface area contributed by atoms with Crippen molar-refractivity contribution >= 4 is 43.8 Å². The van der Waals surface area contributed by atoms with Crippen LogP contribution in [0.5, 0.6) is 0 Å². The topological polar surface area (TPSA) is 64.5 Å². The number of thiophene rings is 1. The molecular weight excluding hydrogens is 376 g/mol. The molecule has 0 radical (unpaired) electrons. The molecule has 0 bridgehead atoms. The lowest BCUT2D eigenvalue weighted by atomic mass is 10.0. The Balaban J connectivity index is 1.72. The van der Waals surface area contributed by atoms with E-state index in [1.807, 2.05) is 24.4 Å². The molecule has 0 amide bonds. The summed E-state index contributed by atoms with van der Waals surface area (Å²) in [4.78, 5) is 9.94. The molecule has 0 atom stereocenters. The minimum Gasteiger partial charge on any atom is -0.361 e. The van der Waals surface area contributed by atoms with Gasteiger partial charge in [-0.05, 0) is 48.7 Å². The molecule has 0 fully saturated rings. The molecule has 2 N–H and O–H groups in total. The third kappa shape index (κ3) is 2.77. The van der Waals surface area contributed by atoms with Gasteiger partial charge in [0.1, 0.15) is 10.9 Å². The van der Waals surface area contributed by atoms with Crippen LogP contribution in [-0.4, -0.2) is 9.97 Å². The quantitative estimate of drug-likeness (QED) is 0.359. The molecule has 2 aromatic carbocycles. The second-order valence-corrected chi connectivity index (χ2v) is 8.06. The SMILES string of the molecule is Cc1c(Nc2c(C#N)cnc3sc(-c4ccccc4)c(C)c23)ccc2[nH]ccc12. The van der Waals surface area contributed by atoms with Crippen molar-refractivity contribution in [2.45, 2.75) is 13.8 Å². The van der Waals surface area contributed by atoms with Crippen LogP contribution in [0.25, 0.3) is 31.6 Å². The van der Waals surface area contributed by atoms with Crippen molar-refractivity contribution < 1.29 is 0 Å². The maximum Gasteiger partial charge on any atom is 0.126 e. The van der Waals surface area contributed by atoms with Crippen molar-refractivity contribution in [3.8, 4) is 16.5 Å². The van der Waals surface area contributed by atoms with Crippen LogP contribution in [0.2, 0.25) is 0 Å². The lowest BCUT2D eigenvalue weighted by Crippen LogP contribution is -1.98. The van der Waals surface area contributed by atoms with E-state index in [1.54, 1.807) is 17.5 Å². The fourth-order valence-corrected chi connectivity index (χ4v) is 5.00. The Labute approximate surface area is 172 Å². The Kier molecular flexibility index (Phi) is 4.08. The lowest BCUT2D eigenvalue weighted by Gasteiger charge is -2.13. The van der Waals surface area contributed by atoms with Gasteiger partial charge in [0.05, 0.1) is 11.3 Å². The Morgan fingerprint density at radius 1 is 1.03 bits per heavy atom. The van der Waals surface area contributed by atoms with Crippen LogP contribution < -0.4 is 5.32 Å². The number of nitriles is 1. The van der Waals surface area contributed by atoms with Gasteiger partial charge in [0, 0.05) is 39.2 Å². The van der Waals surface area contributed by atoms with Crippen molar-refractivity contribution in [1.82, 2.24) is 9.97 Å². The summed E-state index contributed by atoms with van der Waals surface area (Å²) in [6.45, 7) is 4.20. The first kappa shape index (κ1) is 17.5. The molecular formula is C24H18N4S.